The zero-order valence-corrected chi connectivity index (χ0v) is 18.5. The number of carbonyl (C=O) groups is 1. The molecule has 0 saturated carbocycles. The van der Waals surface area contributed by atoms with Crippen LogP contribution in [0.25, 0.3) is 10.8 Å². The Labute approximate surface area is 193 Å². The number of halogens is 1. The van der Waals surface area contributed by atoms with Gasteiger partial charge in [0.25, 0.3) is 5.79 Å². The lowest BCUT2D eigenvalue weighted by atomic mass is 9.89. The Hall–Kier alpha value is -3.57. The molecule has 0 unspecified atom stereocenters. The molecule has 32 heavy (non-hydrogen) atoms. The maximum absolute atomic E-state index is 12.9. The van der Waals surface area contributed by atoms with Crippen molar-refractivity contribution >= 4 is 32.5 Å². The molecule has 0 saturated heterocycles. The van der Waals surface area contributed by atoms with E-state index >= 15 is 0 Å². The van der Waals surface area contributed by atoms with Gasteiger partial charge in [-0.05, 0) is 53.4 Å². The Kier molecular flexibility index (Phi) is 4.33. The number of rotatable bonds is 3. The molecule has 4 aromatic rings. The molecular formula is C27H17BrO4. The van der Waals surface area contributed by atoms with Crippen molar-refractivity contribution in [3.63, 3.8) is 0 Å². The number of carbonyl (C=O) groups excluding carboxylic acids is 1. The minimum Gasteiger partial charge on any atom is -0.488 e. The molecule has 1 aliphatic heterocycles. The minimum atomic E-state index is -1.23. The van der Waals surface area contributed by atoms with E-state index in [2.05, 4.69) is 15.9 Å². The van der Waals surface area contributed by atoms with Gasteiger partial charge in [0.2, 0.25) is 0 Å². The normalized spacial score (nSPS) is 15.2. The van der Waals surface area contributed by atoms with Gasteiger partial charge in [0.1, 0.15) is 23.9 Å². The first kappa shape index (κ1) is 19.1. The fraction of sp³-hybridized carbons (Fsp3) is 0.0741. The summed E-state index contributed by atoms with van der Waals surface area (Å²) >= 11 is 3.44. The van der Waals surface area contributed by atoms with Crippen molar-refractivity contribution in [2.45, 2.75) is 12.4 Å². The van der Waals surface area contributed by atoms with Crippen LogP contribution in [0.2, 0.25) is 0 Å². The number of ketones is 1. The SMILES string of the molecule is O=C1C=CC2(Oc3cccc4cccc(c34)O2)c2cccc(OCc3ccc(Br)cc3)c21. The van der Waals surface area contributed by atoms with Crippen molar-refractivity contribution < 1.29 is 19.0 Å². The summed E-state index contributed by atoms with van der Waals surface area (Å²) < 4.78 is 19.9. The molecule has 0 aromatic heterocycles. The van der Waals surface area contributed by atoms with Gasteiger partial charge in [0, 0.05) is 10.5 Å². The van der Waals surface area contributed by atoms with Gasteiger partial charge in [-0.15, -0.1) is 0 Å². The van der Waals surface area contributed by atoms with Crippen molar-refractivity contribution in [1.82, 2.24) is 0 Å². The standard InChI is InChI=1S/C27H17BrO4/c28-19-12-10-17(11-13-19)16-30-22-7-3-6-20-26(22)21(29)14-15-27(20)31-23-8-1-4-18-5-2-9-24(32-27)25(18)23/h1-15H,16H2. The van der Waals surface area contributed by atoms with E-state index in [0.717, 1.165) is 32.3 Å². The van der Waals surface area contributed by atoms with E-state index in [0.29, 0.717) is 23.5 Å². The fourth-order valence-electron chi connectivity index (χ4n) is 4.26. The van der Waals surface area contributed by atoms with Gasteiger partial charge in [0.15, 0.2) is 5.78 Å². The quantitative estimate of drug-likeness (QED) is 0.330. The Morgan fingerprint density at radius 3 is 2.25 bits per heavy atom. The van der Waals surface area contributed by atoms with Gasteiger partial charge >= 0.3 is 0 Å². The van der Waals surface area contributed by atoms with Gasteiger partial charge in [-0.25, -0.2) is 0 Å². The van der Waals surface area contributed by atoms with Crippen LogP contribution in [0.5, 0.6) is 17.2 Å². The first-order chi connectivity index (χ1) is 15.6. The summed E-state index contributed by atoms with van der Waals surface area (Å²) in [4.78, 5) is 12.9. The molecule has 0 amide bonds. The molecule has 0 fully saturated rings. The Morgan fingerprint density at radius 2 is 1.53 bits per heavy atom. The number of ether oxygens (including phenoxy) is 3. The van der Waals surface area contributed by atoms with Crippen LogP contribution in [0.4, 0.5) is 0 Å². The molecule has 0 N–H and O–H groups in total. The monoisotopic (exact) mass is 484 g/mol. The summed E-state index contributed by atoms with van der Waals surface area (Å²) in [6.45, 7) is 0.345. The number of hydrogen-bond donors (Lipinski definition) is 0. The van der Waals surface area contributed by atoms with Crippen LogP contribution in [0, 0.1) is 0 Å². The van der Waals surface area contributed by atoms with Crippen molar-refractivity contribution in [3.05, 3.63) is 112 Å². The number of benzene rings is 4. The number of fused-ring (bicyclic) bond motifs is 2. The molecule has 5 heteroatoms. The predicted molar refractivity (Wildman–Crippen MR) is 125 cm³/mol. The highest BCUT2D eigenvalue weighted by atomic mass is 79.9. The summed E-state index contributed by atoms with van der Waals surface area (Å²) in [5, 5.41) is 1.97. The second-order valence-electron chi connectivity index (χ2n) is 7.77. The maximum atomic E-state index is 12.9. The third-order valence-electron chi connectivity index (χ3n) is 5.76. The van der Waals surface area contributed by atoms with E-state index in [4.69, 9.17) is 14.2 Å². The summed E-state index contributed by atoms with van der Waals surface area (Å²) in [5.41, 5.74) is 2.09. The average molecular weight is 485 g/mol. The van der Waals surface area contributed by atoms with E-state index < -0.39 is 5.79 Å². The van der Waals surface area contributed by atoms with Crippen molar-refractivity contribution in [3.8, 4) is 17.2 Å². The smallest absolute Gasteiger partial charge is 0.299 e. The average Bonchev–Trinajstić information content (AvgIpc) is 2.82. The lowest BCUT2D eigenvalue weighted by Gasteiger charge is -2.39. The summed E-state index contributed by atoms with van der Waals surface area (Å²) in [6.07, 6.45) is 3.19. The highest BCUT2D eigenvalue weighted by Gasteiger charge is 2.45. The third-order valence-corrected chi connectivity index (χ3v) is 6.29. The number of allylic oxidation sites excluding steroid dienone is 1. The number of hydrogen-bond acceptors (Lipinski definition) is 4. The third kappa shape index (κ3) is 3.00. The minimum absolute atomic E-state index is 0.138. The summed E-state index contributed by atoms with van der Waals surface area (Å²) in [5.74, 6) is 0.568. The first-order valence-electron chi connectivity index (χ1n) is 10.3. The van der Waals surface area contributed by atoms with E-state index in [1.807, 2.05) is 72.8 Å². The van der Waals surface area contributed by atoms with Crippen LogP contribution in [-0.4, -0.2) is 5.78 Å². The highest BCUT2D eigenvalue weighted by Crippen LogP contribution is 2.48. The topological polar surface area (TPSA) is 44.8 Å². The van der Waals surface area contributed by atoms with E-state index in [9.17, 15) is 4.79 Å². The lowest BCUT2D eigenvalue weighted by Crippen LogP contribution is -2.42. The molecule has 0 radical (unpaired) electrons. The molecule has 1 aliphatic carbocycles. The fourth-order valence-corrected chi connectivity index (χ4v) is 4.53. The van der Waals surface area contributed by atoms with Crippen LogP contribution in [0.3, 0.4) is 0 Å². The van der Waals surface area contributed by atoms with E-state index in [1.165, 1.54) is 6.08 Å². The van der Waals surface area contributed by atoms with E-state index in [-0.39, 0.29) is 5.78 Å². The van der Waals surface area contributed by atoms with Crippen LogP contribution in [0.1, 0.15) is 21.5 Å². The largest absolute Gasteiger partial charge is 0.488 e. The summed E-state index contributed by atoms with van der Waals surface area (Å²) in [6, 6.07) is 25.2. The zero-order valence-electron chi connectivity index (χ0n) is 16.9. The molecular weight excluding hydrogens is 468 g/mol. The second-order valence-corrected chi connectivity index (χ2v) is 8.69. The molecule has 156 valence electrons. The maximum Gasteiger partial charge on any atom is 0.299 e. The summed E-state index contributed by atoms with van der Waals surface area (Å²) in [7, 11) is 0. The van der Waals surface area contributed by atoms with Gasteiger partial charge in [-0.2, -0.15) is 0 Å². The molecule has 0 bridgehead atoms. The predicted octanol–water partition coefficient (Wildman–Crippen LogP) is 6.56. The Bertz CT molecular complexity index is 1360. The van der Waals surface area contributed by atoms with Crippen molar-refractivity contribution in [2.75, 3.05) is 0 Å². The molecule has 2 aliphatic rings. The van der Waals surface area contributed by atoms with Crippen LogP contribution in [-0.2, 0) is 12.4 Å². The van der Waals surface area contributed by atoms with Crippen LogP contribution < -0.4 is 14.2 Å². The lowest BCUT2D eigenvalue weighted by molar-refractivity contribution is -0.0840. The molecule has 4 nitrogen and oxygen atoms in total. The van der Waals surface area contributed by atoms with Crippen LogP contribution in [0.15, 0.2) is 95.5 Å². The van der Waals surface area contributed by atoms with Gasteiger partial charge < -0.3 is 14.2 Å². The van der Waals surface area contributed by atoms with Gasteiger partial charge in [-0.3, -0.25) is 4.79 Å². The molecule has 6 rings (SSSR count). The molecule has 1 heterocycles. The Morgan fingerprint density at radius 1 is 0.844 bits per heavy atom. The molecule has 0 atom stereocenters. The highest BCUT2D eigenvalue weighted by molar-refractivity contribution is 9.10. The van der Waals surface area contributed by atoms with Gasteiger partial charge in [-0.1, -0.05) is 58.4 Å². The molecule has 4 aromatic carbocycles. The van der Waals surface area contributed by atoms with Crippen LogP contribution >= 0.6 is 15.9 Å². The van der Waals surface area contributed by atoms with E-state index in [1.54, 1.807) is 12.1 Å². The van der Waals surface area contributed by atoms with Gasteiger partial charge in [0.05, 0.1) is 16.5 Å². The second kappa shape index (κ2) is 7.24. The first-order valence-corrected chi connectivity index (χ1v) is 11.1. The Balaban J connectivity index is 1.42. The molecule has 1 spiro atoms. The van der Waals surface area contributed by atoms with Crippen molar-refractivity contribution in [2.24, 2.45) is 0 Å². The zero-order chi connectivity index (χ0) is 21.7. The van der Waals surface area contributed by atoms with Crippen molar-refractivity contribution in [1.29, 1.82) is 0 Å².